The summed E-state index contributed by atoms with van der Waals surface area (Å²) in [6, 6.07) is 0. The third-order valence-electron chi connectivity index (χ3n) is 3.48. The summed E-state index contributed by atoms with van der Waals surface area (Å²) in [5, 5.41) is 16.9. The van der Waals surface area contributed by atoms with E-state index in [9.17, 15) is 5.11 Å². The molecule has 0 bridgehead atoms. The van der Waals surface area contributed by atoms with E-state index in [2.05, 4.69) is 15.6 Å². The Labute approximate surface area is 116 Å². The molecule has 0 aromatic heterocycles. The van der Waals surface area contributed by atoms with Crippen LogP contribution in [0.4, 0.5) is 0 Å². The molecule has 1 saturated carbocycles. The first-order valence-corrected chi connectivity index (χ1v) is 7.44. The van der Waals surface area contributed by atoms with Gasteiger partial charge in [-0.1, -0.05) is 19.3 Å². The van der Waals surface area contributed by atoms with Crippen LogP contribution in [0.25, 0.3) is 0 Å². The normalized spacial score (nSPS) is 19.2. The first-order chi connectivity index (χ1) is 9.20. The topological polar surface area (TPSA) is 65.9 Å². The van der Waals surface area contributed by atoms with Crippen molar-refractivity contribution >= 4 is 5.96 Å². The van der Waals surface area contributed by atoms with Crippen LogP contribution in [0, 0.1) is 0 Å². The summed E-state index contributed by atoms with van der Waals surface area (Å²) < 4.78 is 5.01. The molecule has 1 aliphatic carbocycles. The molecule has 0 unspecified atom stereocenters. The Kier molecular flexibility index (Phi) is 7.82. The lowest BCUT2D eigenvalue weighted by Gasteiger charge is -2.30. The number of guanidine groups is 1. The van der Waals surface area contributed by atoms with E-state index in [0.29, 0.717) is 6.54 Å². The van der Waals surface area contributed by atoms with E-state index in [0.717, 1.165) is 57.8 Å². The Morgan fingerprint density at radius 3 is 2.63 bits per heavy atom. The Morgan fingerprint density at radius 2 is 2.00 bits per heavy atom. The fraction of sp³-hybridized carbons (Fsp3) is 0.929. The van der Waals surface area contributed by atoms with E-state index in [-0.39, 0.29) is 0 Å². The van der Waals surface area contributed by atoms with Gasteiger partial charge in [0.05, 0.1) is 12.1 Å². The smallest absolute Gasteiger partial charge is 0.191 e. The molecular weight excluding hydrogens is 242 g/mol. The van der Waals surface area contributed by atoms with Crippen molar-refractivity contribution in [3.8, 4) is 0 Å². The van der Waals surface area contributed by atoms with Crippen molar-refractivity contribution in [2.75, 3.05) is 33.4 Å². The molecule has 5 heteroatoms. The molecule has 1 aliphatic rings. The van der Waals surface area contributed by atoms with E-state index in [1.165, 1.54) is 6.42 Å². The van der Waals surface area contributed by atoms with Crippen molar-refractivity contribution in [3.05, 3.63) is 0 Å². The van der Waals surface area contributed by atoms with Gasteiger partial charge in [-0.2, -0.15) is 0 Å². The second kappa shape index (κ2) is 9.15. The molecule has 1 fully saturated rings. The van der Waals surface area contributed by atoms with E-state index in [4.69, 9.17) is 4.74 Å². The number of methoxy groups -OCH3 is 1. The number of nitrogens with zero attached hydrogens (tertiary/aromatic N) is 1. The van der Waals surface area contributed by atoms with Crippen molar-refractivity contribution in [1.29, 1.82) is 0 Å². The molecular formula is C14H29N3O2. The minimum Gasteiger partial charge on any atom is -0.388 e. The van der Waals surface area contributed by atoms with Crippen molar-refractivity contribution in [2.24, 2.45) is 4.99 Å². The predicted octanol–water partition coefficient (Wildman–Crippen LogP) is 1.27. The summed E-state index contributed by atoms with van der Waals surface area (Å²) in [5.74, 6) is 0.789. The minimum absolute atomic E-state index is 0.493. The molecule has 5 nitrogen and oxygen atoms in total. The van der Waals surface area contributed by atoms with Gasteiger partial charge in [0.25, 0.3) is 0 Å². The monoisotopic (exact) mass is 271 g/mol. The maximum Gasteiger partial charge on any atom is 0.191 e. The van der Waals surface area contributed by atoms with Crippen LogP contribution in [0.2, 0.25) is 0 Å². The molecule has 3 N–H and O–H groups in total. The first kappa shape index (κ1) is 16.2. The van der Waals surface area contributed by atoms with Crippen LogP contribution < -0.4 is 10.6 Å². The van der Waals surface area contributed by atoms with Crippen LogP contribution in [-0.2, 0) is 4.74 Å². The van der Waals surface area contributed by atoms with Gasteiger partial charge in [0.1, 0.15) is 0 Å². The van der Waals surface area contributed by atoms with Crippen molar-refractivity contribution in [3.63, 3.8) is 0 Å². The second-order valence-corrected chi connectivity index (χ2v) is 5.25. The molecule has 0 heterocycles. The van der Waals surface area contributed by atoms with Crippen LogP contribution in [0.1, 0.15) is 45.4 Å². The van der Waals surface area contributed by atoms with Crippen molar-refractivity contribution in [2.45, 2.75) is 51.0 Å². The lowest BCUT2D eigenvalue weighted by Crippen LogP contribution is -2.41. The Bertz CT molecular complexity index is 263. The molecule has 0 aromatic rings. The molecule has 0 spiro atoms. The van der Waals surface area contributed by atoms with Gasteiger partial charge in [-0.25, -0.2) is 0 Å². The molecule has 0 aliphatic heterocycles. The highest BCUT2D eigenvalue weighted by Gasteiger charge is 2.28. The molecule has 0 saturated heterocycles. The maximum absolute atomic E-state index is 10.4. The Hall–Kier alpha value is -0.810. The number of aliphatic hydroxyl groups is 1. The summed E-state index contributed by atoms with van der Waals surface area (Å²) in [6.45, 7) is 4.94. The van der Waals surface area contributed by atoms with Crippen LogP contribution in [0.15, 0.2) is 4.99 Å². The number of nitrogens with one attached hydrogen (secondary N) is 2. The highest BCUT2D eigenvalue weighted by molar-refractivity contribution is 5.79. The van der Waals surface area contributed by atoms with E-state index in [1.54, 1.807) is 7.11 Å². The minimum atomic E-state index is -0.590. The fourth-order valence-corrected chi connectivity index (χ4v) is 2.36. The molecule has 0 amide bonds. The zero-order chi connectivity index (χ0) is 14.0. The SMILES string of the molecule is CCNC(=NCC1(O)CCCCC1)NCCCOC. The number of rotatable bonds is 7. The predicted molar refractivity (Wildman–Crippen MR) is 78.5 cm³/mol. The molecule has 0 aromatic carbocycles. The lowest BCUT2D eigenvalue weighted by molar-refractivity contribution is 0.0131. The quantitative estimate of drug-likeness (QED) is 0.371. The zero-order valence-corrected chi connectivity index (χ0v) is 12.4. The van der Waals surface area contributed by atoms with Gasteiger partial charge in [0.2, 0.25) is 0 Å². The lowest BCUT2D eigenvalue weighted by atomic mass is 9.85. The average molecular weight is 271 g/mol. The van der Waals surface area contributed by atoms with Gasteiger partial charge < -0.3 is 20.5 Å². The first-order valence-electron chi connectivity index (χ1n) is 7.44. The number of hydrogen-bond donors (Lipinski definition) is 3. The summed E-state index contributed by atoms with van der Waals surface area (Å²) in [6.07, 6.45) is 6.17. The third kappa shape index (κ3) is 6.78. The van der Waals surface area contributed by atoms with Crippen LogP contribution >= 0.6 is 0 Å². The molecule has 112 valence electrons. The largest absolute Gasteiger partial charge is 0.388 e. The number of ether oxygens (including phenoxy) is 1. The standard InChI is InChI=1S/C14H29N3O2/c1-3-15-13(16-10-7-11-19-2)17-12-14(18)8-5-4-6-9-14/h18H,3-12H2,1-2H3,(H2,15,16,17). The molecule has 19 heavy (non-hydrogen) atoms. The Morgan fingerprint density at radius 1 is 1.26 bits per heavy atom. The molecule has 1 rings (SSSR count). The van der Waals surface area contributed by atoms with E-state index >= 15 is 0 Å². The van der Waals surface area contributed by atoms with Crippen LogP contribution in [0.3, 0.4) is 0 Å². The van der Waals surface area contributed by atoms with Gasteiger partial charge in [0.15, 0.2) is 5.96 Å². The zero-order valence-electron chi connectivity index (χ0n) is 12.4. The average Bonchev–Trinajstić information content (AvgIpc) is 2.42. The highest BCUT2D eigenvalue weighted by atomic mass is 16.5. The van der Waals surface area contributed by atoms with Crippen LogP contribution in [0.5, 0.6) is 0 Å². The molecule has 0 radical (unpaired) electrons. The second-order valence-electron chi connectivity index (χ2n) is 5.25. The summed E-state index contributed by atoms with van der Waals surface area (Å²) in [7, 11) is 1.71. The van der Waals surface area contributed by atoms with Gasteiger partial charge in [-0.3, -0.25) is 4.99 Å². The van der Waals surface area contributed by atoms with Gasteiger partial charge >= 0.3 is 0 Å². The third-order valence-corrected chi connectivity index (χ3v) is 3.48. The summed E-state index contributed by atoms with van der Waals surface area (Å²) in [5.41, 5.74) is -0.590. The number of hydrogen-bond acceptors (Lipinski definition) is 3. The highest BCUT2D eigenvalue weighted by Crippen LogP contribution is 2.28. The van der Waals surface area contributed by atoms with Crippen molar-refractivity contribution in [1.82, 2.24) is 10.6 Å². The summed E-state index contributed by atoms with van der Waals surface area (Å²) in [4.78, 5) is 4.51. The van der Waals surface area contributed by atoms with Crippen molar-refractivity contribution < 1.29 is 9.84 Å². The Balaban J connectivity index is 2.38. The fourth-order valence-electron chi connectivity index (χ4n) is 2.36. The van der Waals surface area contributed by atoms with Gasteiger partial charge in [0, 0.05) is 26.8 Å². The van der Waals surface area contributed by atoms with E-state index in [1.807, 2.05) is 6.92 Å². The van der Waals surface area contributed by atoms with Gasteiger partial charge in [-0.05, 0) is 26.2 Å². The maximum atomic E-state index is 10.4. The van der Waals surface area contributed by atoms with Crippen LogP contribution in [-0.4, -0.2) is 50.0 Å². The van der Waals surface area contributed by atoms with E-state index < -0.39 is 5.60 Å². The van der Waals surface area contributed by atoms with Gasteiger partial charge in [-0.15, -0.1) is 0 Å². The molecule has 0 atom stereocenters. The number of aliphatic imine (C=N–C) groups is 1. The summed E-state index contributed by atoms with van der Waals surface area (Å²) >= 11 is 0.